The summed E-state index contributed by atoms with van der Waals surface area (Å²) in [5.41, 5.74) is 0. The van der Waals surface area contributed by atoms with Gasteiger partial charge in [-0.05, 0) is 6.42 Å². The third-order valence-corrected chi connectivity index (χ3v) is 2.30. The molecule has 0 aliphatic rings. The molecule has 0 heterocycles. The number of ketones is 1. The number of ether oxygens (including phenoxy) is 1. The van der Waals surface area contributed by atoms with Gasteiger partial charge in [0.25, 0.3) is 0 Å². The van der Waals surface area contributed by atoms with Gasteiger partial charge in [-0.15, -0.1) is 0 Å². The zero-order valence-corrected chi connectivity index (χ0v) is 9.96. The fraction of sp³-hybridized carbons (Fsp3) is 0.818. The van der Waals surface area contributed by atoms with Crippen molar-refractivity contribution in [2.75, 3.05) is 6.61 Å². The van der Waals surface area contributed by atoms with E-state index in [0.717, 1.165) is 0 Å². The molecule has 0 radical (unpaired) electrons. The molecule has 0 fully saturated rings. The third kappa shape index (κ3) is 8.79. The van der Waals surface area contributed by atoms with Crippen molar-refractivity contribution in [3.05, 3.63) is 0 Å². The quantitative estimate of drug-likeness (QED) is 0.480. The molecule has 100 valence electrons. The average molecular weight is 248 g/mol. The van der Waals surface area contributed by atoms with Gasteiger partial charge >= 0.3 is 5.97 Å². The molecule has 0 spiro atoms. The van der Waals surface area contributed by atoms with Crippen molar-refractivity contribution in [2.45, 2.75) is 51.4 Å². The Labute approximate surface area is 100 Å². The van der Waals surface area contributed by atoms with E-state index in [4.69, 9.17) is 14.9 Å². The largest absolute Gasteiger partial charge is 0.481 e. The molecular formula is C11H20O6. The predicted octanol–water partition coefficient (Wildman–Crippen LogP) is 0.306. The minimum Gasteiger partial charge on any atom is -0.481 e. The van der Waals surface area contributed by atoms with E-state index in [2.05, 4.69) is 0 Å². The Morgan fingerprint density at radius 3 is 2.35 bits per heavy atom. The van der Waals surface area contributed by atoms with Crippen LogP contribution in [0.25, 0.3) is 0 Å². The van der Waals surface area contributed by atoms with Gasteiger partial charge in [0, 0.05) is 19.3 Å². The van der Waals surface area contributed by atoms with Crippen LogP contribution in [-0.4, -0.2) is 46.1 Å². The lowest BCUT2D eigenvalue weighted by molar-refractivity contribution is -0.153. The topological polar surface area (TPSA) is 104 Å². The lowest BCUT2D eigenvalue weighted by atomic mass is 10.1. The number of aliphatic carboxylic acids is 1. The average Bonchev–Trinajstić information content (AvgIpc) is 2.30. The molecule has 0 aliphatic heterocycles. The van der Waals surface area contributed by atoms with Crippen molar-refractivity contribution in [1.29, 1.82) is 0 Å². The number of rotatable bonds is 10. The number of carbonyl (C=O) groups excluding carboxylic acids is 1. The predicted molar refractivity (Wildman–Crippen MR) is 59.4 cm³/mol. The molecule has 0 saturated heterocycles. The molecule has 2 atom stereocenters. The number of aliphatic hydroxyl groups excluding tert-OH is 2. The van der Waals surface area contributed by atoms with Crippen molar-refractivity contribution in [3.8, 4) is 0 Å². The summed E-state index contributed by atoms with van der Waals surface area (Å²) in [6.07, 6.45) is -0.977. The van der Waals surface area contributed by atoms with E-state index in [0.29, 0.717) is 6.42 Å². The first-order valence-corrected chi connectivity index (χ1v) is 5.67. The second-order valence-electron chi connectivity index (χ2n) is 3.77. The van der Waals surface area contributed by atoms with Crippen molar-refractivity contribution in [1.82, 2.24) is 0 Å². The van der Waals surface area contributed by atoms with Gasteiger partial charge in [0.15, 0.2) is 6.29 Å². The maximum atomic E-state index is 11.2. The molecule has 0 bridgehead atoms. The fourth-order valence-electron chi connectivity index (χ4n) is 1.21. The second kappa shape index (κ2) is 9.09. The van der Waals surface area contributed by atoms with E-state index in [1.165, 1.54) is 0 Å². The Kier molecular flexibility index (Phi) is 8.57. The number of aliphatic hydroxyl groups is 2. The molecule has 3 N–H and O–H groups in total. The van der Waals surface area contributed by atoms with Gasteiger partial charge in [-0.3, -0.25) is 9.59 Å². The van der Waals surface area contributed by atoms with Crippen LogP contribution < -0.4 is 0 Å². The highest BCUT2D eigenvalue weighted by molar-refractivity contribution is 5.82. The standard InChI is InChI=1S/C11H20O6/c1-2-9(7-12)17-11(16)6-4-8(13)3-5-10(14)15/h9,11-12,16H,2-7H2,1H3,(H,14,15). The fourth-order valence-corrected chi connectivity index (χ4v) is 1.21. The summed E-state index contributed by atoms with van der Waals surface area (Å²) in [6, 6.07) is 0. The maximum Gasteiger partial charge on any atom is 0.303 e. The summed E-state index contributed by atoms with van der Waals surface area (Å²) < 4.78 is 5.06. The summed E-state index contributed by atoms with van der Waals surface area (Å²) >= 11 is 0. The molecule has 0 aromatic heterocycles. The first kappa shape index (κ1) is 16.0. The normalized spacial score (nSPS) is 14.3. The minimum absolute atomic E-state index is 0.0285. The van der Waals surface area contributed by atoms with E-state index in [9.17, 15) is 14.7 Å². The number of hydrogen-bond acceptors (Lipinski definition) is 5. The molecule has 17 heavy (non-hydrogen) atoms. The van der Waals surface area contributed by atoms with Gasteiger partial charge in [-0.25, -0.2) is 0 Å². The van der Waals surface area contributed by atoms with Crippen molar-refractivity contribution in [3.63, 3.8) is 0 Å². The van der Waals surface area contributed by atoms with Gasteiger partial charge in [0.1, 0.15) is 5.78 Å². The maximum absolute atomic E-state index is 11.2. The van der Waals surface area contributed by atoms with Gasteiger partial charge in [-0.2, -0.15) is 0 Å². The lowest BCUT2D eigenvalue weighted by Crippen LogP contribution is -2.25. The Morgan fingerprint density at radius 1 is 1.24 bits per heavy atom. The number of carboxylic acid groups (broad SMARTS) is 1. The molecule has 0 aromatic rings. The van der Waals surface area contributed by atoms with Crippen molar-refractivity contribution < 1.29 is 29.6 Å². The molecule has 0 aromatic carbocycles. The summed E-state index contributed by atoms with van der Waals surface area (Å²) in [7, 11) is 0. The number of carbonyl (C=O) groups is 2. The van der Waals surface area contributed by atoms with Crippen LogP contribution in [0, 0.1) is 0 Å². The SMILES string of the molecule is CCC(CO)OC(O)CCC(=O)CCC(=O)O. The Morgan fingerprint density at radius 2 is 1.88 bits per heavy atom. The summed E-state index contributed by atoms with van der Waals surface area (Å²) in [6.45, 7) is 1.63. The van der Waals surface area contributed by atoms with Crippen LogP contribution in [0.5, 0.6) is 0 Å². The zero-order valence-electron chi connectivity index (χ0n) is 9.96. The van der Waals surface area contributed by atoms with Crippen LogP contribution in [0.2, 0.25) is 0 Å². The highest BCUT2D eigenvalue weighted by Gasteiger charge is 2.14. The van der Waals surface area contributed by atoms with Crippen LogP contribution in [0.4, 0.5) is 0 Å². The molecule has 0 rings (SSSR count). The van der Waals surface area contributed by atoms with Crippen LogP contribution in [0.1, 0.15) is 39.0 Å². The van der Waals surface area contributed by atoms with E-state index in [1.54, 1.807) is 0 Å². The van der Waals surface area contributed by atoms with Crippen molar-refractivity contribution in [2.24, 2.45) is 0 Å². The van der Waals surface area contributed by atoms with Gasteiger partial charge in [0.05, 0.1) is 19.1 Å². The Balaban J connectivity index is 3.71. The Hall–Kier alpha value is -0.980. The third-order valence-electron chi connectivity index (χ3n) is 2.30. The van der Waals surface area contributed by atoms with Crippen LogP contribution >= 0.6 is 0 Å². The van der Waals surface area contributed by atoms with Crippen molar-refractivity contribution >= 4 is 11.8 Å². The molecule has 0 aliphatic carbocycles. The molecule has 0 amide bonds. The highest BCUT2D eigenvalue weighted by atomic mass is 16.6. The Bertz CT molecular complexity index is 236. The first-order chi connectivity index (χ1) is 7.99. The van der Waals surface area contributed by atoms with Crippen LogP contribution in [-0.2, 0) is 14.3 Å². The second-order valence-corrected chi connectivity index (χ2v) is 3.77. The molecule has 2 unspecified atom stereocenters. The number of hydrogen-bond donors (Lipinski definition) is 3. The van der Waals surface area contributed by atoms with Gasteiger partial charge < -0.3 is 20.1 Å². The number of carboxylic acids is 1. The van der Waals surface area contributed by atoms with E-state index >= 15 is 0 Å². The molecule has 6 heteroatoms. The van der Waals surface area contributed by atoms with Gasteiger partial charge in [0.2, 0.25) is 0 Å². The van der Waals surface area contributed by atoms with E-state index < -0.39 is 18.4 Å². The van der Waals surface area contributed by atoms with Crippen LogP contribution in [0.15, 0.2) is 0 Å². The lowest BCUT2D eigenvalue weighted by Gasteiger charge is -2.18. The molecule has 0 saturated carbocycles. The summed E-state index contributed by atoms with van der Waals surface area (Å²) in [5.74, 6) is -1.23. The van der Waals surface area contributed by atoms with Crippen LogP contribution in [0.3, 0.4) is 0 Å². The van der Waals surface area contributed by atoms with E-state index in [-0.39, 0.29) is 38.1 Å². The molecular weight excluding hydrogens is 228 g/mol. The smallest absolute Gasteiger partial charge is 0.303 e. The monoisotopic (exact) mass is 248 g/mol. The summed E-state index contributed by atoms with van der Waals surface area (Å²) in [5, 5.41) is 26.6. The minimum atomic E-state index is -1.10. The zero-order chi connectivity index (χ0) is 13.3. The summed E-state index contributed by atoms with van der Waals surface area (Å²) in [4.78, 5) is 21.4. The van der Waals surface area contributed by atoms with E-state index in [1.807, 2.05) is 6.92 Å². The highest BCUT2D eigenvalue weighted by Crippen LogP contribution is 2.07. The first-order valence-electron chi connectivity index (χ1n) is 5.67. The number of Topliss-reactive ketones (excluding diaryl/α,β-unsaturated/α-hetero) is 1. The van der Waals surface area contributed by atoms with Gasteiger partial charge in [-0.1, -0.05) is 6.92 Å². The molecule has 6 nitrogen and oxygen atoms in total.